The van der Waals surface area contributed by atoms with E-state index >= 15 is 0 Å². The number of nitrogens with zero attached hydrogens (tertiary/aromatic N) is 1. The fourth-order valence-electron chi connectivity index (χ4n) is 2.28. The number of nitrogens with one attached hydrogen (secondary N) is 1. The number of amides is 1. The quantitative estimate of drug-likeness (QED) is 0.432. The maximum absolute atomic E-state index is 11.9. The number of hydrogen-bond donors (Lipinski definition) is 1. The molecule has 132 valence electrons. The lowest BCUT2D eigenvalue weighted by atomic mass is 9.98. The summed E-state index contributed by atoms with van der Waals surface area (Å²) in [4.78, 5) is 13.1. The summed E-state index contributed by atoms with van der Waals surface area (Å²) in [7, 11) is 0. The molecular weight excluding hydrogens is 332 g/mol. The third-order valence-corrected chi connectivity index (χ3v) is 4.68. The summed E-state index contributed by atoms with van der Waals surface area (Å²) in [6.45, 7) is 4.22. The van der Waals surface area contributed by atoms with Crippen LogP contribution in [0.4, 0.5) is 0 Å². The van der Waals surface area contributed by atoms with Crippen molar-refractivity contribution in [3.8, 4) is 5.75 Å². The lowest BCUT2D eigenvalue weighted by Crippen LogP contribution is -2.24. The van der Waals surface area contributed by atoms with Crippen LogP contribution in [-0.2, 0) is 4.79 Å². The number of hydrogen-bond acceptors (Lipinski definition) is 4. The molecule has 2 rings (SSSR count). The highest BCUT2D eigenvalue weighted by Crippen LogP contribution is 2.28. The van der Waals surface area contributed by atoms with E-state index in [1.165, 1.54) is 4.90 Å². The first-order valence-corrected chi connectivity index (χ1v) is 9.54. The highest BCUT2D eigenvalue weighted by atomic mass is 32.2. The number of carbonyl (C=O) groups excluding carboxylic acids is 1. The van der Waals surface area contributed by atoms with Gasteiger partial charge in [-0.05, 0) is 47.9 Å². The van der Waals surface area contributed by atoms with E-state index in [-0.39, 0.29) is 12.5 Å². The van der Waals surface area contributed by atoms with Gasteiger partial charge in [0, 0.05) is 4.90 Å². The molecule has 0 radical (unpaired) electrons. The average Bonchev–Trinajstić information content (AvgIpc) is 2.66. The summed E-state index contributed by atoms with van der Waals surface area (Å²) in [6, 6.07) is 15.8. The van der Waals surface area contributed by atoms with Gasteiger partial charge in [0.1, 0.15) is 5.75 Å². The largest absolute Gasteiger partial charge is 0.483 e. The van der Waals surface area contributed by atoms with Crippen molar-refractivity contribution in [1.82, 2.24) is 5.43 Å². The van der Waals surface area contributed by atoms with Crippen LogP contribution in [0, 0.1) is 0 Å². The molecule has 0 aliphatic rings. The molecule has 2 aromatic carbocycles. The Labute approximate surface area is 153 Å². The van der Waals surface area contributed by atoms with Crippen molar-refractivity contribution in [3.05, 3.63) is 59.7 Å². The first kappa shape index (κ1) is 19.1. The predicted molar refractivity (Wildman–Crippen MR) is 105 cm³/mol. The predicted octanol–water partition coefficient (Wildman–Crippen LogP) is 4.45. The fraction of sp³-hybridized carbons (Fsp3) is 0.300. The second-order valence-electron chi connectivity index (χ2n) is 5.70. The molecular formula is C20H24N2O2S. The Morgan fingerprint density at radius 3 is 2.64 bits per heavy atom. The third-order valence-electron chi connectivity index (χ3n) is 3.94. The molecule has 1 unspecified atom stereocenters. The second kappa shape index (κ2) is 9.89. The van der Waals surface area contributed by atoms with Crippen LogP contribution in [-0.4, -0.2) is 25.0 Å². The van der Waals surface area contributed by atoms with Gasteiger partial charge < -0.3 is 4.74 Å². The van der Waals surface area contributed by atoms with E-state index in [4.69, 9.17) is 4.74 Å². The van der Waals surface area contributed by atoms with Gasteiger partial charge in [-0.2, -0.15) is 5.10 Å². The number of benzene rings is 2. The van der Waals surface area contributed by atoms with Gasteiger partial charge in [-0.3, -0.25) is 4.79 Å². The van der Waals surface area contributed by atoms with Crippen LogP contribution < -0.4 is 10.2 Å². The standard InChI is InChI=1S/C20H24N2O2S/c1-4-15(2)18-7-5-6-8-19(18)24-14-20(23)22-21-13-16-9-11-17(25-3)12-10-16/h5-13,15H,4,14H2,1-3H3,(H,22,23). The van der Waals surface area contributed by atoms with Gasteiger partial charge in [-0.15, -0.1) is 11.8 Å². The van der Waals surface area contributed by atoms with E-state index < -0.39 is 0 Å². The molecule has 0 aliphatic heterocycles. The van der Waals surface area contributed by atoms with E-state index in [0.717, 1.165) is 23.3 Å². The molecule has 4 nitrogen and oxygen atoms in total. The molecule has 1 amide bonds. The Balaban J connectivity index is 1.85. The molecule has 2 aromatic rings. The van der Waals surface area contributed by atoms with Crippen LogP contribution in [0.5, 0.6) is 5.75 Å². The molecule has 5 heteroatoms. The molecule has 0 heterocycles. The highest BCUT2D eigenvalue weighted by molar-refractivity contribution is 7.98. The summed E-state index contributed by atoms with van der Waals surface area (Å²) in [5.41, 5.74) is 4.55. The molecule has 1 atom stereocenters. The summed E-state index contributed by atoms with van der Waals surface area (Å²) < 4.78 is 5.67. The minimum atomic E-state index is -0.282. The van der Waals surface area contributed by atoms with Crippen molar-refractivity contribution in [2.45, 2.75) is 31.1 Å². The van der Waals surface area contributed by atoms with E-state index in [9.17, 15) is 4.79 Å². The van der Waals surface area contributed by atoms with Gasteiger partial charge in [0.2, 0.25) is 0 Å². The van der Waals surface area contributed by atoms with Crippen LogP contribution in [0.15, 0.2) is 58.5 Å². The van der Waals surface area contributed by atoms with E-state index in [1.54, 1.807) is 18.0 Å². The van der Waals surface area contributed by atoms with Gasteiger partial charge in [0.15, 0.2) is 6.61 Å². The number of carbonyl (C=O) groups is 1. The number of hydrazone groups is 1. The normalized spacial score (nSPS) is 12.1. The van der Waals surface area contributed by atoms with E-state index in [2.05, 4.69) is 24.4 Å². The maximum Gasteiger partial charge on any atom is 0.277 e. The van der Waals surface area contributed by atoms with Gasteiger partial charge >= 0.3 is 0 Å². The molecule has 0 saturated carbocycles. The second-order valence-corrected chi connectivity index (χ2v) is 6.58. The van der Waals surface area contributed by atoms with E-state index in [1.807, 2.05) is 54.8 Å². The monoisotopic (exact) mass is 356 g/mol. The zero-order valence-electron chi connectivity index (χ0n) is 14.9. The molecule has 0 bridgehead atoms. The van der Waals surface area contributed by atoms with Crippen LogP contribution in [0.25, 0.3) is 0 Å². The van der Waals surface area contributed by atoms with Crippen LogP contribution in [0.2, 0.25) is 0 Å². The van der Waals surface area contributed by atoms with Gasteiger partial charge in [-0.1, -0.05) is 44.2 Å². The highest BCUT2D eigenvalue weighted by Gasteiger charge is 2.10. The van der Waals surface area contributed by atoms with Crippen LogP contribution >= 0.6 is 11.8 Å². The molecule has 0 saturated heterocycles. The number of thioether (sulfide) groups is 1. The Kier molecular flexibility index (Phi) is 7.54. The van der Waals surface area contributed by atoms with Crippen molar-refractivity contribution in [2.75, 3.05) is 12.9 Å². The van der Waals surface area contributed by atoms with Gasteiger partial charge in [0.05, 0.1) is 6.21 Å². The summed E-state index contributed by atoms with van der Waals surface area (Å²) in [6.07, 6.45) is 4.67. The zero-order valence-corrected chi connectivity index (χ0v) is 15.7. The Bertz CT molecular complexity index is 714. The first-order valence-electron chi connectivity index (χ1n) is 8.31. The fourth-order valence-corrected chi connectivity index (χ4v) is 2.69. The summed E-state index contributed by atoms with van der Waals surface area (Å²) >= 11 is 1.68. The molecule has 0 spiro atoms. The van der Waals surface area contributed by atoms with Crippen molar-refractivity contribution in [1.29, 1.82) is 0 Å². The maximum atomic E-state index is 11.9. The van der Waals surface area contributed by atoms with Crippen molar-refractivity contribution in [2.24, 2.45) is 5.10 Å². The number of ether oxygens (including phenoxy) is 1. The van der Waals surface area contributed by atoms with Crippen LogP contribution in [0.3, 0.4) is 0 Å². The minimum Gasteiger partial charge on any atom is -0.483 e. The molecule has 0 fully saturated rings. The molecule has 0 aliphatic carbocycles. The lowest BCUT2D eigenvalue weighted by Gasteiger charge is -2.15. The van der Waals surface area contributed by atoms with Crippen molar-refractivity contribution < 1.29 is 9.53 Å². The first-order chi connectivity index (χ1) is 12.1. The Morgan fingerprint density at radius 2 is 1.96 bits per heavy atom. The summed E-state index contributed by atoms with van der Waals surface area (Å²) in [5.74, 6) is 0.862. The number of rotatable bonds is 8. The topological polar surface area (TPSA) is 50.7 Å². The number of para-hydroxylation sites is 1. The van der Waals surface area contributed by atoms with Crippen LogP contribution in [0.1, 0.15) is 37.3 Å². The minimum absolute atomic E-state index is 0.0593. The molecule has 25 heavy (non-hydrogen) atoms. The summed E-state index contributed by atoms with van der Waals surface area (Å²) in [5, 5.41) is 3.97. The zero-order chi connectivity index (χ0) is 18.1. The van der Waals surface area contributed by atoms with E-state index in [0.29, 0.717) is 5.92 Å². The Hall–Kier alpha value is -2.27. The Morgan fingerprint density at radius 1 is 1.24 bits per heavy atom. The third kappa shape index (κ3) is 5.94. The average molecular weight is 356 g/mol. The molecule has 1 N–H and O–H groups in total. The van der Waals surface area contributed by atoms with Crippen molar-refractivity contribution in [3.63, 3.8) is 0 Å². The molecule has 0 aromatic heterocycles. The SMILES string of the molecule is CCC(C)c1ccccc1OCC(=O)NN=Cc1ccc(SC)cc1. The van der Waals surface area contributed by atoms with Gasteiger partial charge in [-0.25, -0.2) is 5.43 Å². The lowest BCUT2D eigenvalue weighted by molar-refractivity contribution is -0.123. The smallest absolute Gasteiger partial charge is 0.277 e. The van der Waals surface area contributed by atoms with Gasteiger partial charge in [0.25, 0.3) is 5.91 Å². The van der Waals surface area contributed by atoms with Crippen molar-refractivity contribution >= 4 is 23.9 Å².